The number of piperazine rings is 1. The second kappa shape index (κ2) is 4.50. The average molecular weight is 256 g/mol. The van der Waals surface area contributed by atoms with Crippen molar-refractivity contribution in [3.8, 4) is 0 Å². The first kappa shape index (κ1) is 12.1. The standard InChI is InChI=1S/C10H16N4O2S/c1-17(15,16)14-7-5-13(6-8-14)10-4-2-3-9(11)12-10/h2-4H,5-8H2,1H3,(H2,11,12). The normalized spacial score (nSPS) is 18.3. The number of hydrogen-bond acceptors (Lipinski definition) is 5. The third-order valence-corrected chi connectivity index (χ3v) is 4.09. The van der Waals surface area contributed by atoms with Gasteiger partial charge in [0.2, 0.25) is 10.0 Å². The van der Waals surface area contributed by atoms with Crippen molar-refractivity contribution in [2.45, 2.75) is 0 Å². The third kappa shape index (κ3) is 2.86. The Hall–Kier alpha value is -1.34. The number of sulfonamides is 1. The zero-order valence-corrected chi connectivity index (χ0v) is 10.5. The van der Waals surface area contributed by atoms with Crippen LogP contribution in [0, 0.1) is 0 Å². The summed E-state index contributed by atoms with van der Waals surface area (Å²) in [6.07, 6.45) is 1.24. The molecule has 0 saturated carbocycles. The van der Waals surface area contributed by atoms with Gasteiger partial charge in [0, 0.05) is 26.2 Å². The molecule has 0 unspecified atom stereocenters. The molecule has 0 atom stereocenters. The Kier molecular flexibility index (Phi) is 3.21. The summed E-state index contributed by atoms with van der Waals surface area (Å²) in [6.45, 7) is 2.28. The van der Waals surface area contributed by atoms with Gasteiger partial charge in [-0.1, -0.05) is 6.07 Å². The van der Waals surface area contributed by atoms with Crippen LogP contribution in [0.3, 0.4) is 0 Å². The molecule has 6 nitrogen and oxygen atoms in total. The van der Waals surface area contributed by atoms with E-state index in [4.69, 9.17) is 5.73 Å². The van der Waals surface area contributed by atoms with Gasteiger partial charge in [0.25, 0.3) is 0 Å². The van der Waals surface area contributed by atoms with Gasteiger partial charge in [-0.3, -0.25) is 0 Å². The van der Waals surface area contributed by atoms with Gasteiger partial charge in [0.05, 0.1) is 6.26 Å². The maximum absolute atomic E-state index is 11.4. The second-order valence-corrected chi connectivity index (χ2v) is 6.05. The van der Waals surface area contributed by atoms with Crippen LogP contribution in [0.2, 0.25) is 0 Å². The number of nitrogens with zero attached hydrogens (tertiary/aromatic N) is 3. The van der Waals surface area contributed by atoms with Crippen LogP contribution in [0.5, 0.6) is 0 Å². The molecule has 2 N–H and O–H groups in total. The smallest absolute Gasteiger partial charge is 0.211 e. The molecule has 0 amide bonds. The Balaban J connectivity index is 2.05. The highest BCUT2D eigenvalue weighted by molar-refractivity contribution is 7.88. The van der Waals surface area contributed by atoms with Crippen molar-refractivity contribution in [1.29, 1.82) is 0 Å². The fraction of sp³-hybridized carbons (Fsp3) is 0.500. The number of pyridine rings is 1. The number of nitrogen functional groups attached to an aromatic ring is 1. The molecule has 1 aliphatic rings. The minimum absolute atomic E-state index is 0.480. The zero-order valence-electron chi connectivity index (χ0n) is 9.70. The molecule has 2 heterocycles. The predicted octanol–water partition coefficient (Wildman–Crippen LogP) is -0.255. The summed E-state index contributed by atoms with van der Waals surface area (Å²) in [7, 11) is -3.08. The second-order valence-electron chi connectivity index (χ2n) is 4.07. The average Bonchev–Trinajstić information content (AvgIpc) is 2.28. The van der Waals surface area contributed by atoms with Crippen molar-refractivity contribution in [2.75, 3.05) is 43.1 Å². The van der Waals surface area contributed by atoms with Gasteiger partial charge in [0.15, 0.2) is 0 Å². The highest BCUT2D eigenvalue weighted by atomic mass is 32.2. The minimum Gasteiger partial charge on any atom is -0.384 e. The Morgan fingerprint density at radius 1 is 1.24 bits per heavy atom. The van der Waals surface area contributed by atoms with Crippen molar-refractivity contribution >= 4 is 21.7 Å². The number of aromatic nitrogens is 1. The summed E-state index contributed by atoms with van der Waals surface area (Å²) in [4.78, 5) is 6.26. The van der Waals surface area contributed by atoms with E-state index in [2.05, 4.69) is 4.98 Å². The van der Waals surface area contributed by atoms with E-state index in [0.717, 1.165) is 5.82 Å². The zero-order chi connectivity index (χ0) is 12.5. The van der Waals surface area contributed by atoms with E-state index < -0.39 is 10.0 Å². The molecule has 0 aromatic carbocycles. The minimum atomic E-state index is -3.08. The van der Waals surface area contributed by atoms with Gasteiger partial charge < -0.3 is 10.6 Å². The fourth-order valence-electron chi connectivity index (χ4n) is 1.86. The van der Waals surface area contributed by atoms with Crippen molar-refractivity contribution in [3.63, 3.8) is 0 Å². The maximum Gasteiger partial charge on any atom is 0.211 e. The van der Waals surface area contributed by atoms with Crippen LogP contribution in [0.1, 0.15) is 0 Å². The van der Waals surface area contributed by atoms with Crippen molar-refractivity contribution in [2.24, 2.45) is 0 Å². The first-order valence-electron chi connectivity index (χ1n) is 5.39. The lowest BCUT2D eigenvalue weighted by Gasteiger charge is -2.33. The summed E-state index contributed by atoms with van der Waals surface area (Å²) in [5, 5.41) is 0. The molecule has 1 aliphatic heterocycles. The quantitative estimate of drug-likeness (QED) is 0.789. The van der Waals surface area contributed by atoms with Crippen LogP contribution >= 0.6 is 0 Å². The van der Waals surface area contributed by atoms with E-state index in [9.17, 15) is 8.42 Å². The molecule has 1 aromatic heterocycles. The fourth-order valence-corrected chi connectivity index (χ4v) is 2.69. The van der Waals surface area contributed by atoms with Gasteiger partial charge in [0.1, 0.15) is 11.6 Å². The molecule has 7 heteroatoms. The van der Waals surface area contributed by atoms with Crippen LogP contribution in [-0.4, -0.2) is 50.1 Å². The largest absolute Gasteiger partial charge is 0.384 e. The molecule has 17 heavy (non-hydrogen) atoms. The van der Waals surface area contributed by atoms with Crippen LogP contribution in [0.4, 0.5) is 11.6 Å². The number of hydrogen-bond donors (Lipinski definition) is 1. The molecule has 0 spiro atoms. The van der Waals surface area contributed by atoms with Gasteiger partial charge in [-0.15, -0.1) is 0 Å². The van der Waals surface area contributed by atoms with E-state index in [1.54, 1.807) is 6.07 Å². The lowest BCUT2D eigenvalue weighted by molar-refractivity contribution is 0.387. The first-order chi connectivity index (χ1) is 7.97. The summed E-state index contributed by atoms with van der Waals surface area (Å²) >= 11 is 0. The van der Waals surface area contributed by atoms with Crippen LogP contribution in [0.25, 0.3) is 0 Å². The van der Waals surface area contributed by atoms with Crippen molar-refractivity contribution in [1.82, 2.24) is 9.29 Å². The summed E-state index contributed by atoms with van der Waals surface area (Å²) in [6, 6.07) is 5.46. The van der Waals surface area contributed by atoms with Gasteiger partial charge in [-0.05, 0) is 12.1 Å². The van der Waals surface area contributed by atoms with E-state index in [0.29, 0.717) is 32.0 Å². The van der Waals surface area contributed by atoms with Gasteiger partial charge in [-0.2, -0.15) is 4.31 Å². The molecule has 0 aliphatic carbocycles. The molecule has 0 bridgehead atoms. The molecule has 1 fully saturated rings. The van der Waals surface area contributed by atoms with E-state index >= 15 is 0 Å². The molecule has 94 valence electrons. The Bertz CT molecular complexity index is 495. The van der Waals surface area contributed by atoms with Crippen LogP contribution < -0.4 is 10.6 Å². The topological polar surface area (TPSA) is 79.5 Å². The summed E-state index contributed by atoms with van der Waals surface area (Å²) in [5.41, 5.74) is 5.62. The molecule has 1 saturated heterocycles. The van der Waals surface area contributed by atoms with Crippen molar-refractivity contribution in [3.05, 3.63) is 18.2 Å². The number of nitrogens with two attached hydrogens (primary N) is 1. The number of rotatable bonds is 2. The first-order valence-corrected chi connectivity index (χ1v) is 7.24. The highest BCUT2D eigenvalue weighted by Crippen LogP contribution is 2.15. The highest BCUT2D eigenvalue weighted by Gasteiger charge is 2.23. The molecular formula is C10H16N4O2S. The molecule has 0 radical (unpaired) electrons. The maximum atomic E-state index is 11.4. The van der Waals surface area contributed by atoms with E-state index in [1.807, 2.05) is 17.0 Å². The van der Waals surface area contributed by atoms with E-state index in [1.165, 1.54) is 10.6 Å². The Morgan fingerprint density at radius 3 is 2.41 bits per heavy atom. The molecule has 1 aromatic rings. The lowest BCUT2D eigenvalue weighted by Crippen LogP contribution is -2.48. The summed E-state index contributed by atoms with van der Waals surface area (Å²) in [5.74, 6) is 1.28. The summed E-state index contributed by atoms with van der Waals surface area (Å²) < 4.78 is 24.2. The molecular weight excluding hydrogens is 240 g/mol. The van der Waals surface area contributed by atoms with Crippen LogP contribution in [-0.2, 0) is 10.0 Å². The molecule has 2 rings (SSSR count). The van der Waals surface area contributed by atoms with Crippen LogP contribution in [0.15, 0.2) is 18.2 Å². The third-order valence-electron chi connectivity index (χ3n) is 2.79. The van der Waals surface area contributed by atoms with Gasteiger partial charge in [-0.25, -0.2) is 13.4 Å². The predicted molar refractivity (Wildman–Crippen MR) is 67.3 cm³/mol. The Labute approximate surface area is 101 Å². The lowest BCUT2D eigenvalue weighted by atomic mass is 10.3. The van der Waals surface area contributed by atoms with Crippen molar-refractivity contribution < 1.29 is 8.42 Å². The monoisotopic (exact) mass is 256 g/mol. The Morgan fingerprint density at radius 2 is 1.88 bits per heavy atom. The SMILES string of the molecule is CS(=O)(=O)N1CCN(c2cccc(N)n2)CC1. The van der Waals surface area contributed by atoms with E-state index in [-0.39, 0.29) is 0 Å². The van der Waals surface area contributed by atoms with Gasteiger partial charge >= 0.3 is 0 Å². The number of anilines is 2.